The molecule has 1 aliphatic carbocycles. The van der Waals surface area contributed by atoms with Gasteiger partial charge >= 0.3 is 6.18 Å². The molecule has 3 rings (SSSR count). The van der Waals surface area contributed by atoms with Gasteiger partial charge in [-0.25, -0.2) is 0 Å². The van der Waals surface area contributed by atoms with Crippen molar-refractivity contribution < 1.29 is 13.2 Å². The number of hydrogen-bond acceptors (Lipinski definition) is 1. The van der Waals surface area contributed by atoms with E-state index in [-0.39, 0.29) is 16.8 Å². The standard InChI is InChI=1S/C16H13ClF3N/c17-11-6-8-15(13(9-11)16(18,19)20)21-14-7-5-10-3-1-2-4-12(10)14/h1-4,6,8-9,14,21H,5,7H2. The van der Waals surface area contributed by atoms with Crippen molar-refractivity contribution in [3.63, 3.8) is 0 Å². The van der Waals surface area contributed by atoms with Crippen LogP contribution in [0, 0.1) is 0 Å². The zero-order valence-corrected chi connectivity index (χ0v) is 11.8. The van der Waals surface area contributed by atoms with E-state index in [1.165, 1.54) is 17.7 Å². The molecule has 2 aromatic rings. The molecule has 1 nitrogen and oxygen atoms in total. The van der Waals surface area contributed by atoms with Crippen molar-refractivity contribution in [3.8, 4) is 0 Å². The van der Waals surface area contributed by atoms with E-state index in [0.29, 0.717) is 0 Å². The minimum atomic E-state index is -4.43. The molecular formula is C16H13ClF3N. The van der Waals surface area contributed by atoms with Gasteiger partial charge in [-0.1, -0.05) is 35.9 Å². The van der Waals surface area contributed by atoms with Gasteiger partial charge in [0.05, 0.1) is 11.6 Å². The van der Waals surface area contributed by atoms with Crippen molar-refractivity contribution in [2.45, 2.75) is 25.1 Å². The number of halogens is 4. The first-order valence-electron chi connectivity index (χ1n) is 6.66. The summed E-state index contributed by atoms with van der Waals surface area (Å²) in [5, 5.41) is 3.10. The van der Waals surface area contributed by atoms with Crippen LogP contribution in [-0.2, 0) is 12.6 Å². The number of nitrogens with one attached hydrogen (secondary N) is 1. The Morgan fingerprint density at radius 1 is 1.10 bits per heavy atom. The molecule has 21 heavy (non-hydrogen) atoms. The topological polar surface area (TPSA) is 12.0 Å². The van der Waals surface area contributed by atoms with Gasteiger partial charge in [0.15, 0.2) is 0 Å². The fourth-order valence-corrected chi connectivity index (χ4v) is 2.94. The Bertz CT molecular complexity index is 667. The predicted molar refractivity (Wildman–Crippen MR) is 77.6 cm³/mol. The summed E-state index contributed by atoms with van der Waals surface area (Å²) in [5.41, 5.74) is 1.62. The van der Waals surface area contributed by atoms with E-state index >= 15 is 0 Å². The van der Waals surface area contributed by atoms with E-state index in [0.717, 1.165) is 24.5 Å². The zero-order chi connectivity index (χ0) is 15.0. The zero-order valence-electron chi connectivity index (χ0n) is 11.0. The van der Waals surface area contributed by atoms with Crippen LogP contribution in [0.3, 0.4) is 0 Å². The first-order chi connectivity index (χ1) is 9.95. The molecule has 0 amide bonds. The summed E-state index contributed by atoms with van der Waals surface area (Å²) in [5.74, 6) is 0. The summed E-state index contributed by atoms with van der Waals surface area (Å²) >= 11 is 5.69. The van der Waals surface area contributed by atoms with Gasteiger partial charge in [-0.05, 0) is 42.2 Å². The third-order valence-corrected chi connectivity index (χ3v) is 3.98. The summed E-state index contributed by atoms with van der Waals surface area (Å²) < 4.78 is 39.3. The molecule has 0 bridgehead atoms. The van der Waals surface area contributed by atoms with E-state index in [9.17, 15) is 13.2 Å². The van der Waals surface area contributed by atoms with Gasteiger partial charge in [0.1, 0.15) is 0 Å². The number of benzene rings is 2. The fraction of sp³-hybridized carbons (Fsp3) is 0.250. The molecule has 2 aromatic carbocycles. The Morgan fingerprint density at radius 3 is 2.62 bits per heavy atom. The molecule has 0 heterocycles. The number of rotatable bonds is 2. The normalized spacial score (nSPS) is 17.6. The van der Waals surface area contributed by atoms with E-state index < -0.39 is 11.7 Å². The molecule has 0 spiro atoms. The third-order valence-electron chi connectivity index (χ3n) is 3.75. The fourth-order valence-electron chi connectivity index (χ4n) is 2.77. The Labute approximate surface area is 125 Å². The van der Waals surface area contributed by atoms with Crippen molar-refractivity contribution in [1.29, 1.82) is 0 Å². The lowest BCUT2D eigenvalue weighted by molar-refractivity contribution is -0.137. The molecule has 0 aromatic heterocycles. The molecule has 1 atom stereocenters. The Kier molecular flexibility index (Phi) is 3.57. The van der Waals surface area contributed by atoms with Crippen LogP contribution in [0.5, 0.6) is 0 Å². The van der Waals surface area contributed by atoms with Crippen LogP contribution in [0.2, 0.25) is 5.02 Å². The van der Waals surface area contributed by atoms with E-state index in [4.69, 9.17) is 11.6 Å². The summed E-state index contributed by atoms with van der Waals surface area (Å²) in [7, 11) is 0. The molecule has 1 unspecified atom stereocenters. The van der Waals surface area contributed by atoms with Crippen molar-refractivity contribution in [2.75, 3.05) is 5.32 Å². The highest BCUT2D eigenvalue weighted by molar-refractivity contribution is 6.30. The summed E-state index contributed by atoms with van der Waals surface area (Å²) in [4.78, 5) is 0. The van der Waals surface area contributed by atoms with Gasteiger partial charge in [-0.15, -0.1) is 0 Å². The smallest absolute Gasteiger partial charge is 0.378 e. The van der Waals surface area contributed by atoms with Gasteiger partial charge in [0.25, 0.3) is 0 Å². The predicted octanol–water partition coefficient (Wildman–Crippen LogP) is 5.46. The van der Waals surface area contributed by atoms with E-state index in [1.54, 1.807) is 0 Å². The summed E-state index contributed by atoms with van der Waals surface area (Å²) in [6.45, 7) is 0. The monoisotopic (exact) mass is 311 g/mol. The highest BCUT2D eigenvalue weighted by Gasteiger charge is 2.35. The summed E-state index contributed by atoms with van der Waals surface area (Å²) in [6.07, 6.45) is -2.76. The van der Waals surface area contributed by atoms with Crippen LogP contribution < -0.4 is 5.32 Å². The van der Waals surface area contributed by atoms with Crippen molar-refractivity contribution in [1.82, 2.24) is 0 Å². The number of alkyl halides is 3. The average Bonchev–Trinajstić information content (AvgIpc) is 2.83. The first kappa shape index (κ1) is 14.3. The van der Waals surface area contributed by atoms with Gasteiger partial charge < -0.3 is 5.32 Å². The maximum absolute atomic E-state index is 13.1. The number of hydrogen-bond donors (Lipinski definition) is 1. The third kappa shape index (κ3) is 2.86. The second kappa shape index (κ2) is 5.26. The van der Waals surface area contributed by atoms with Gasteiger partial charge in [0, 0.05) is 10.7 Å². The van der Waals surface area contributed by atoms with Crippen LogP contribution >= 0.6 is 11.6 Å². The molecule has 0 radical (unpaired) electrons. The molecule has 0 saturated carbocycles. The lowest BCUT2D eigenvalue weighted by Crippen LogP contribution is -2.13. The molecule has 5 heteroatoms. The van der Waals surface area contributed by atoms with Gasteiger partial charge in [-0.2, -0.15) is 13.2 Å². The van der Waals surface area contributed by atoms with Crippen molar-refractivity contribution in [3.05, 3.63) is 64.2 Å². The molecule has 1 aliphatic rings. The molecule has 1 N–H and O–H groups in total. The van der Waals surface area contributed by atoms with Crippen LogP contribution in [0.15, 0.2) is 42.5 Å². The lowest BCUT2D eigenvalue weighted by atomic mass is 10.1. The van der Waals surface area contributed by atoms with Crippen LogP contribution in [0.1, 0.15) is 29.2 Å². The second-order valence-corrected chi connectivity index (χ2v) is 5.56. The minimum Gasteiger partial charge on any atom is -0.378 e. The first-order valence-corrected chi connectivity index (χ1v) is 7.04. The highest BCUT2D eigenvalue weighted by atomic mass is 35.5. The van der Waals surface area contributed by atoms with Crippen molar-refractivity contribution in [2.24, 2.45) is 0 Å². The second-order valence-electron chi connectivity index (χ2n) is 5.12. The van der Waals surface area contributed by atoms with Crippen LogP contribution in [0.4, 0.5) is 18.9 Å². The SMILES string of the molecule is FC(F)(F)c1cc(Cl)ccc1NC1CCc2ccccc21. The lowest BCUT2D eigenvalue weighted by Gasteiger charge is -2.20. The number of aryl methyl sites for hydroxylation is 1. The highest BCUT2D eigenvalue weighted by Crippen LogP contribution is 2.40. The average molecular weight is 312 g/mol. The largest absolute Gasteiger partial charge is 0.418 e. The van der Waals surface area contributed by atoms with E-state index in [1.807, 2.05) is 24.3 Å². The Morgan fingerprint density at radius 2 is 1.86 bits per heavy atom. The quantitative estimate of drug-likeness (QED) is 0.776. The summed E-state index contributed by atoms with van der Waals surface area (Å²) in [6, 6.07) is 11.6. The Balaban J connectivity index is 1.93. The van der Waals surface area contributed by atoms with E-state index in [2.05, 4.69) is 5.32 Å². The van der Waals surface area contributed by atoms with Gasteiger partial charge in [0.2, 0.25) is 0 Å². The molecular weight excluding hydrogens is 299 g/mol. The van der Waals surface area contributed by atoms with Crippen LogP contribution in [-0.4, -0.2) is 0 Å². The van der Waals surface area contributed by atoms with Gasteiger partial charge in [-0.3, -0.25) is 0 Å². The molecule has 0 saturated heterocycles. The maximum atomic E-state index is 13.1. The maximum Gasteiger partial charge on any atom is 0.418 e. The Hall–Kier alpha value is -1.68. The number of anilines is 1. The van der Waals surface area contributed by atoms with Crippen LogP contribution in [0.25, 0.3) is 0 Å². The van der Waals surface area contributed by atoms with Crippen molar-refractivity contribution >= 4 is 17.3 Å². The molecule has 0 aliphatic heterocycles. The molecule has 110 valence electrons. The minimum absolute atomic E-state index is 0.0774. The molecule has 0 fully saturated rings. The number of fused-ring (bicyclic) bond motifs is 1.